The first-order chi connectivity index (χ1) is 17.2. The predicted molar refractivity (Wildman–Crippen MR) is 137 cm³/mol. The largest absolute Gasteiger partial charge is 0.347 e. The van der Waals surface area contributed by atoms with Gasteiger partial charge in [0.05, 0.1) is 4.92 Å². The van der Waals surface area contributed by atoms with Crippen LogP contribution in [0.4, 0.5) is 34.9 Å². The molecule has 0 bridgehead atoms. The summed E-state index contributed by atoms with van der Waals surface area (Å²) < 4.78 is 1.77. The fourth-order valence-corrected chi connectivity index (χ4v) is 3.70. The van der Waals surface area contributed by atoms with E-state index < -0.39 is 4.92 Å². The highest BCUT2D eigenvalue weighted by Crippen LogP contribution is 2.20. The van der Waals surface area contributed by atoms with Gasteiger partial charge in [-0.1, -0.05) is 5.10 Å². The van der Waals surface area contributed by atoms with Gasteiger partial charge >= 0.3 is 5.56 Å². The van der Waals surface area contributed by atoms with Gasteiger partial charge in [-0.05, 0) is 48.0 Å². The van der Waals surface area contributed by atoms with Crippen molar-refractivity contribution in [1.29, 1.82) is 0 Å². The van der Waals surface area contributed by atoms with Crippen molar-refractivity contribution in [2.24, 2.45) is 5.11 Å². The fourth-order valence-electron chi connectivity index (χ4n) is 2.94. The monoisotopic (exact) mass is 507 g/mol. The van der Waals surface area contributed by atoms with Gasteiger partial charge in [-0.3, -0.25) is 14.9 Å². The number of nitro benzene ring substituents is 1. The van der Waals surface area contributed by atoms with E-state index in [1.54, 1.807) is 40.1 Å². The number of aromatic nitrogens is 5. The Kier molecular flexibility index (Phi) is 6.96. The van der Waals surface area contributed by atoms with Gasteiger partial charge in [-0.2, -0.15) is 15.0 Å². The molecule has 2 N–H and O–H groups in total. The van der Waals surface area contributed by atoms with Crippen LogP contribution in [0.25, 0.3) is 6.08 Å². The molecule has 0 atom stereocenters. The van der Waals surface area contributed by atoms with Crippen LogP contribution in [-0.4, -0.2) is 53.2 Å². The number of rotatable bonds is 7. The maximum Gasteiger partial charge on any atom is 0.325 e. The van der Waals surface area contributed by atoms with Crippen molar-refractivity contribution in [3.05, 3.63) is 79.1 Å². The van der Waals surface area contributed by atoms with Crippen molar-refractivity contribution in [3.8, 4) is 0 Å². The Morgan fingerprint density at radius 1 is 1.00 bits per heavy atom. The second kappa shape index (κ2) is 10.3. The number of anilines is 4. The minimum atomic E-state index is -0.471. The van der Waals surface area contributed by atoms with Crippen LogP contribution in [0, 0.1) is 10.1 Å². The number of non-ortho nitro benzene ring substituents is 1. The third-order valence-corrected chi connectivity index (χ3v) is 5.59. The van der Waals surface area contributed by atoms with E-state index in [1.165, 1.54) is 16.0 Å². The average Bonchev–Trinajstić information content (AvgIpc) is 3.18. The Labute approximate surface area is 209 Å². The minimum absolute atomic E-state index is 0.0120. The second-order valence-electron chi connectivity index (χ2n) is 7.98. The fraction of sp³-hybridized carbons (Fsp3) is 0.182. The number of hydrogen-bond donors (Lipinski definition) is 2. The van der Waals surface area contributed by atoms with Gasteiger partial charge in [0, 0.05) is 51.1 Å². The molecule has 2 aromatic heterocycles. The topological polar surface area (TPSA) is 151 Å². The van der Waals surface area contributed by atoms with Gasteiger partial charge in [0.1, 0.15) is 9.56 Å². The maximum atomic E-state index is 12.3. The van der Waals surface area contributed by atoms with Crippen molar-refractivity contribution < 1.29 is 8.79 Å². The van der Waals surface area contributed by atoms with E-state index in [-0.39, 0.29) is 11.2 Å². The molecule has 14 heteroatoms. The zero-order valence-electron chi connectivity index (χ0n) is 19.9. The summed E-state index contributed by atoms with van der Waals surface area (Å²) in [4.78, 5) is 39.5. The molecule has 0 radical (unpaired) electrons. The maximum absolute atomic E-state index is 12.3. The lowest BCUT2D eigenvalue weighted by atomic mass is 10.2. The molecule has 2 heterocycles. The molecule has 0 spiro atoms. The van der Waals surface area contributed by atoms with E-state index in [4.69, 9.17) is 0 Å². The molecular formula is C22H23N10O3S+. The Bertz CT molecular complexity index is 1540. The molecule has 4 aromatic rings. The molecule has 13 nitrogen and oxygen atoms in total. The number of benzene rings is 2. The Morgan fingerprint density at radius 2 is 1.61 bits per heavy atom. The Balaban J connectivity index is 1.55. The van der Waals surface area contributed by atoms with Crippen molar-refractivity contribution in [3.63, 3.8) is 0 Å². The number of nitrogens with one attached hydrogen (secondary N) is 2. The van der Waals surface area contributed by atoms with Crippen molar-refractivity contribution in [1.82, 2.24) is 20.1 Å². The average molecular weight is 508 g/mol. The number of aromatic amines is 1. The molecule has 184 valence electrons. The molecule has 0 saturated carbocycles. The molecule has 0 aliphatic carbocycles. The van der Waals surface area contributed by atoms with Crippen LogP contribution < -0.4 is 29.1 Å². The van der Waals surface area contributed by atoms with Crippen LogP contribution in [0.1, 0.15) is 5.56 Å². The third-order valence-electron chi connectivity index (χ3n) is 4.75. The molecule has 0 aliphatic rings. The molecule has 0 amide bonds. The van der Waals surface area contributed by atoms with E-state index in [0.717, 1.165) is 17.2 Å². The summed E-state index contributed by atoms with van der Waals surface area (Å²) in [6, 6.07) is 13.2. The lowest BCUT2D eigenvalue weighted by Crippen LogP contribution is -2.22. The first kappa shape index (κ1) is 24.4. The number of H-pyrrole nitrogens is 1. The highest BCUT2D eigenvalue weighted by Gasteiger charge is 2.11. The molecule has 0 fully saturated rings. The summed E-state index contributed by atoms with van der Waals surface area (Å²) in [5, 5.41) is 21.0. The van der Waals surface area contributed by atoms with E-state index >= 15 is 0 Å². The van der Waals surface area contributed by atoms with Crippen molar-refractivity contribution in [2.45, 2.75) is 0 Å². The van der Waals surface area contributed by atoms with Crippen LogP contribution in [0.2, 0.25) is 0 Å². The van der Waals surface area contributed by atoms with Gasteiger partial charge in [-0.25, -0.2) is 0 Å². The minimum Gasteiger partial charge on any atom is -0.347 e. The predicted octanol–water partition coefficient (Wildman–Crippen LogP) is 1.88. The third kappa shape index (κ3) is 5.85. The Hall–Kier alpha value is -4.72. The first-order valence-electron chi connectivity index (χ1n) is 10.6. The van der Waals surface area contributed by atoms with Crippen LogP contribution >= 0.6 is 11.5 Å². The summed E-state index contributed by atoms with van der Waals surface area (Å²) in [6.45, 7) is 0. The van der Waals surface area contributed by atoms with Crippen molar-refractivity contribution >= 4 is 52.5 Å². The molecule has 2 aromatic carbocycles. The summed E-state index contributed by atoms with van der Waals surface area (Å²) in [5.74, 6) is 1.47. The molecule has 36 heavy (non-hydrogen) atoms. The van der Waals surface area contributed by atoms with Crippen LogP contribution in [0.3, 0.4) is 0 Å². The van der Waals surface area contributed by atoms with Gasteiger partial charge in [0.15, 0.2) is 4.53 Å². The summed E-state index contributed by atoms with van der Waals surface area (Å²) in [5.41, 5.74) is 1.71. The standard InChI is InChI=1S/C22H22N10O3S/c1-29(2)21-24-20(25-22(26-21)30(3)4)23-15-7-9-16(10-8-15)27-32-28-19(33)18(36-32)13-14-5-11-17(12-6-14)31(34)35/h5-13H,1-4H3,(H,28,33)/p+1/b18-13-. The van der Waals surface area contributed by atoms with Crippen LogP contribution in [0.15, 0.2) is 58.4 Å². The van der Waals surface area contributed by atoms with E-state index in [1.807, 2.05) is 40.3 Å². The normalized spacial score (nSPS) is 12.0. The summed E-state index contributed by atoms with van der Waals surface area (Å²) in [7, 11) is 7.43. The lowest BCUT2D eigenvalue weighted by Gasteiger charge is -2.16. The molecule has 4 rings (SSSR count). The molecule has 0 saturated heterocycles. The smallest absolute Gasteiger partial charge is 0.325 e. The van der Waals surface area contributed by atoms with E-state index in [2.05, 4.69) is 30.5 Å². The summed E-state index contributed by atoms with van der Waals surface area (Å²) >= 11 is 1.12. The zero-order chi connectivity index (χ0) is 25.8. The Morgan fingerprint density at radius 3 is 2.17 bits per heavy atom. The highest BCUT2D eigenvalue weighted by atomic mass is 32.1. The molecule has 0 unspecified atom stereocenters. The molecule has 0 aliphatic heterocycles. The van der Waals surface area contributed by atoms with E-state index in [0.29, 0.717) is 33.6 Å². The SMILES string of the molecule is CN(C)c1nc(Nc2ccc(N=[n+]3[nH]c(=O)/c(=C/c4ccc([N+](=O)[O-])cc4)s3)cc2)nc(N(C)C)n1. The first-order valence-corrected chi connectivity index (χ1v) is 11.4. The summed E-state index contributed by atoms with van der Waals surface area (Å²) in [6.07, 6.45) is 1.64. The number of nitrogens with zero attached hydrogens (tertiary/aromatic N) is 8. The van der Waals surface area contributed by atoms with Gasteiger partial charge in [-0.15, -0.1) is 0 Å². The quantitative estimate of drug-likeness (QED) is 0.217. The van der Waals surface area contributed by atoms with E-state index in [9.17, 15) is 14.9 Å². The highest BCUT2D eigenvalue weighted by molar-refractivity contribution is 6.99. The molecular weight excluding hydrogens is 484 g/mol. The number of nitro groups is 1. The lowest BCUT2D eigenvalue weighted by molar-refractivity contribution is -0.537. The van der Waals surface area contributed by atoms with Crippen molar-refractivity contribution in [2.75, 3.05) is 43.3 Å². The number of hydrogen-bond acceptors (Lipinski definition) is 11. The van der Waals surface area contributed by atoms with Gasteiger partial charge < -0.3 is 15.1 Å². The zero-order valence-corrected chi connectivity index (χ0v) is 20.7. The van der Waals surface area contributed by atoms with Crippen LogP contribution in [-0.2, 0) is 0 Å². The second-order valence-corrected chi connectivity index (χ2v) is 8.95. The van der Waals surface area contributed by atoms with Gasteiger partial charge in [0.25, 0.3) is 5.69 Å². The van der Waals surface area contributed by atoms with Gasteiger partial charge in [0.2, 0.25) is 29.4 Å². The van der Waals surface area contributed by atoms with Crippen LogP contribution in [0.5, 0.6) is 0 Å².